The molecule has 3 saturated carbocycles. The summed E-state index contributed by atoms with van der Waals surface area (Å²) in [5.74, 6) is 3.57. The zero-order chi connectivity index (χ0) is 7.47. The van der Waals surface area contributed by atoms with Crippen LogP contribution in [0.15, 0.2) is 0 Å². The molecule has 0 saturated heterocycles. The van der Waals surface area contributed by atoms with Gasteiger partial charge in [0, 0.05) is 0 Å². The maximum Gasteiger partial charge on any atom is -0.0235 e. The molecule has 0 amide bonds. The van der Waals surface area contributed by atoms with Crippen molar-refractivity contribution in [1.29, 1.82) is 0 Å². The van der Waals surface area contributed by atoms with E-state index in [1.54, 1.807) is 32.1 Å². The van der Waals surface area contributed by atoms with Crippen molar-refractivity contribution in [3.63, 3.8) is 0 Å². The first kappa shape index (κ1) is 6.51. The van der Waals surface area contributed by atoms with Gasteiger partial charge in [0.2, 0.25) is 0 Å². The molecule has 0 aromatic rings. The summed E-state index contributed by atoms with van der Waals surface area (Å²) >= 11 is 0. The summed E-state index contributed by atoms with van der Waals surface area (Å²) in [7, 11) is 0. The lowest BCUT2D eigenvalue weighted by molar-refractivity contribution is 0.194. The minimum Gasteiger partial charge on any atom is -0.0651 e. The molecule has 0 aromatic heterocycles. The van der Waals surface area contributed by atoms with Gasteiger partial charge in [-0.25, -0.2) is 0 Å². The van der Waals surface area contributed by atoms with Crippen molar-refractivity contribution in [3.05, 3.63) is 0 Å². The van der Waals surface area contributed by atoms with Crippen LogP contribution in [0.25, 0.3) is 0 Å². The van der Waals surface area contributed by atoms with Gasteiger partial charge in [-0.15, -0.1) is 0 Å². The summed E-state index contributed by atoms with van der Waals surface area (Å²) in [4.78, 5) is 0. The quantitative estimate of drug-likeness (QED) is 0.538. The third kappa shape index (κ3) is 0.711. The molecule has 2 unspecified atom stereocenters. The molecule has 3 rings (SSSR count). The smallest absolute Gasteiger partial charge is 0.0235 e. The van der Waals surface area contributed by atoms with Gasteiger partial charge in [-0.05, 0) is 55.3 Å². The van der Waals surface area contributed by atoms with Crippen molar-refractivity contribution >= 4 is 0 Å². The first-order valence-electron chi connectivity index (χ1n) is 5.37. The van der Waals surface area contributed by atoms with E-state index in [9.17, 15) is 0 Å². The minimum atomic E-state index is 0.964. The molecule has 0 nitrogen and oxygen atoms in total. The van der Waals surface area contributed by atoms with E-state index in [2.05, 4.69) is 6.92 Å². The molecular formula is C11H18. The van der Waals surface area contributed by atoms with E-state index < -0.39 is 0 Å². The van der Waals surface area contributed by atoms with Crippen molar-refractivity contribution in [3.8, 4) is 0 Å². The van der Waals surface area contributed by atoms with Crippen LogP contribution in [0.2, 0.25) is 0 Å². The highest BCUT2D eigenvalue weighted by Crippen LogP contribution is 2.82. The van der Waals surface area contributed by atoms with Gasteiger partial charge in [0.05, 0.1) is 0 Å². The Balaban J connectivity index is 1.62. The van der Waals surface area contributed by atoms with Crippen LogP contribution in [0.5, 0.6) is 0 Å². The van der Waals surface area contributed by atoms with Crippen LogP contribution in [0.1, 0.15) is 45.4 Å². The number of fused-ring (bicyclic) bond motifs is 3. The largest absolute Gasteiger partial charge is 0.0651 e. The molecular weight excluding hydrogens is 132 g/mol. The Morgan fingerprint density at radius 1 is 1.18 bits per heavy atom. The van der Waals surface area contributed by atoms with Crippen molar-refractivity contribution < 1.29 is 0 Å². The molecule has 0 radical (unpaired) electrons. The van der Waals surface area contributed by atoms with E-state index in [4.69, 9.17) is 0 Å². The normalized spacial score (nSPS) is 59.2. The molecule has 0 bridgehead atoms. The summed E-state index contributed by atoms with van der Waals surface area (Å²) in [6, 6.07) is 0. The van der Waals surface area contributed by atoms with Gasteiger partial charge < -0.3 is 0 Å². The topological polar surface area (TPSA) is 0 Å². The SMILES string of the molecule is CCC1CCC2(CC1)C1CC12. The maximum atomic E-state index is 2.36. The van der Waals surface area contributed by atoms with Crippen LogP contribution in [0.3, 0.4) is 0 Å². The predicted molar refractivity (Wildman–Crippen MR) is 46.3 cm³/mol. The average molecular weight is 150 g/mol. The summed E-state index contributed by atoms with van der Waals surface area (Å²) in [6.45, 7) is 2.36. The monoisotopic (exact) mass is 150 g/mol. The number of hydrogen-bond acceptors (Lipinski definition) is 0. The zero-order valence-corrected chi connectivity index (χ0v) is 7.47. The van der Waals surface area contributed by atoms with Gasteiger partial charge in [-0.3, -0.25) is 0 Å². The zero-order valence-electron chi connectivity index (χ0n) is 7.47. The van der Waals surface area contributed by atoms with E-state index in [-0.39, 0.29) is 0 Å². The van der Waals surface area contributed by atoms with Crippen molar-refractivity contribution in [2.45, 2.75) is 45.4 Å². The fraction of sp³-hybridized carbons (Fsp3) is 1.00. The Morgan fingerprint density at radius 3 is 2.18 bits per heavy atom. The third-order valence-electron chi connectivity index (χ3n) is 4.77. The third-order valence-corrected chi connectivity index (χ3v) is 4.77. The summed E-state index contributed by atoms with van der Waals surface area (Å²) in [5, 5.41) is 0. The van der Waals surface area contributed by atoms with Crippen LogP contribution >= 0.6 is 0 Å². The number of rotatable bonds is 1. The highest BCUT2D eigenvalue weighted by atomic mass is 14.8. The Kier molecular flexibility index (Phi) is 1.09. The Hall–Kier alpha value is 0. The Bertz CT molecular complexity index is 164. The lowest BCUT2D eigenvalue weighted by Gasteiger charge is -2.32. The molecule has 3 aliphatic rings. The molecule has 1 spiro atoms. The van der Waals surface area contributed by atoms with Gasteiger partial charge in [0.25, 0.3) is 0 Å². The van der Waals surface area contributed by atoms with Crippen molar-refractivity contribution in [1.82, 2.24) is 0 Å². The lowest BCUT2D eigenvalue weighted by Crippen LogP contribution is -2.20. The van der Waals surface area contributed by atoms with E-state index in [0.717, 1.165) is 11.3 Å². The summed E-state index contributed by atoms with van der Waals surface area (Å²) < 4.78 is 0. The highest BCUT2D eigenvalue weighted by molar-refractivity contribution is 5.23. The van der Waals surface area contributed by atoms with Crippen molar-refractivity contribution in [2.24, 2.45) is 23.2 Å². The standard InChI is InChI=1S/C11H18/c1-2-8-3-5-11(6-4-8)9-7-10(9)11/h8-10H,2-7H2,1H3. The van der Waals surface area contributed by atoms with Gasteiger partial charge in [0.15, 0.2) is 0 Å². The van der Waals surface area contributed by atoms with Gasteiger partial charge >= 0.3 is 0 Å². The second-order valence-corrected chi connectivity index (χ2v) is 5.03. The van der Waals surface area contributed by atoms with Gasteiger partial charge in [0.1, 0.15) is 0 Å². The van der Waals surface area contributed by atoms with Crippen LogP contribution in [-0.4, -0.2) is 0 Å². The number of hydrogen-bond donors (Lipinski definition) is 0. The molecule has 3 fully saturated rings. The van der Waals surface area contributed by atoms with Gasteiger partial charge in [-0.1, -0.05) is 13.3 Å². The molecule has 0 heteroatoms. The Labute approximate surface area is 69.4 Å². The second kappa shape index (κ2) is 1.84. The highest BCUT2D eigenvalue weighted by Gasteiger charge is 2.75. The molecule has 2 atom stereocenters. The van der Waals surface area contributed by atoms with E-state index in [1.165, 1.54) is 18.3 Å². The molecule has 0 aromatic carbocycles. The fourth-order valence-corrected chi connectivity index (χ4v) is 3.54. The lowest BCUT2D eigenvalue weighted by atomic mass is 9.74. The minimum absolute atomic E-state index is 0.964. The first-order chi connectivity index (χ1) is 5.37. The molecule has 3 aliphatic carbocycles. The molecule has 62 valence electrons. The van der Waals surface area contributed by atoms with E-state index in [0.29, 0.717) is 0 Å². The first-order valence-corrected chi connectivity index (χ1v) is 5.37. The molecule has 0 N–H and O–H groups in total. The fourth-order valence-electron chi connectivity index (χ4n) is 3.54. The van der Waals surface area contributed by atoms with Crippen molar-refractivity contribution in [2.75, 3.05) is 0 Å². The maximum absolute atomic E-state index is 2.36. The molecule has 11 heavy (non-hydrogen) atoms. The van der Waals surface area contributed by atoms with Crippen LogP contribution in [-0.2, 0) is 0 Å². The van der Waals surface area contributed by atoms with Gasteiger partial charge in [-0.2, -0.15) is 0 Å². The summed E-state index contributed by atoms with van der Waals surface area (Å²) in [5.41, 5.74) is 0.964. The summed E-state index contributed by atoms with van der Waals surface area (Å²) in [6.07, 6.45) is 9.36. The molecule has 0 heterocycles. The van der Waals surface area contributed by atoms with E-state index in [1.807, 2.05) is 0 Å². The predicted octanol–water partition coefficient (Wildman–Crippen LogP) is 3.22. The van der Waals surface area contributed by atoms with E-state index >= 15 is 0 Å². The Morgan fingerprint density at radius 2 is 1.82 bits per heavy atom. The van der Waals surface area contributed by atoms with Crippen LogP contribution in [0, 0.1) is 23.2 Å². The average Bonchev–Trinajstić information content (AvgIpc) is 2.92. The van der Waals surface area contributed by atoms with Crippen LogP contribution in [0.4, 0.5) is 0 Å². The van der Waals surface area contributed by atoms with Crippen LogP contribution < -0.4 is 0 Å². The molecule has 0 aliphatic heterocycles. The second-order valence-electron chi connectivity index (χ2n) is 5.03.